The molecule has 0 unspecified atom stereocenters. The molecule has 0 N–H and O–H groups in total. The number of esters is 1. The summed E-state index contributed by atoms with van der Waals surface area (Å²) in [5.74, 6) is -0.192. The van der Waals surface area contributed by atoms with Crippen LogP contribution in [0.2, 0.25) is 18.1 Å². The lowest BCUT2D eigenvalue weighted by molar-refractivity contribution is -0.145. The van der Waals surface area contributed by atoms with Crippen LogP contribution in [-0.2, 0) is 14.0 Å². The second kappa shape index (κ2) is 7.09. The van der Waals surface area contributed by atoms with Crippen molar-refractivity contribution in [3.8, 4) is 0 Å². The molecule has 0 aromatic carbocycles. The SMILES string of the molecule is C=CC[C@@H](CC(=O)OCC)O[Si](C)(C)C(C)(C)C. The normalized spacial score (nSPS) is 14.1. The predicted molar refractivity (Wildman–Crippen MR) is 78.1 cm³/mol. The fourth-order valence-corrected chi connectivity index (χ4v) is 2.72. The number of ether oxygens (including phenoxy) is 1. The van der Waals surface area contributed by atoms with Crippen LogP contribution in [0.1, 0.15) is 40.5 Å². The van der Waals surface area contributed by atoms with Crippen molar-refractivity contribution >= 4 is 14.3 Å². The Morgan fingerprint density at radius 2 is 1.94 bits per heavy atom. The molecule has 0 rings (SSSR count). The maximum atomic E-state index is 11.5. The Hall–Kier alpha value is -0.613. The van der Waals surface area contributed by atoms with Crippen LogP contribution in [0.4, 0.5) is 0 Å². The lowest BCUT2D eigenvalue weighted by atomic mass is 10.2. The Labute approximate surface area is 113 Å². The zero-order valence-electron chi connectivity index (χ0n) is 12.7. The third kappa shape index (κ3) is 5.82. The molecule has 0 aliphatic rings. The maximum absolute atomic E-state index is 11.5. The summed E-state index contributed by atoms with van der Waals surface area (Å²) >= 11 is 0. The van der Waals surface area contributed by atoms with Crippen LogP contribution >= 0.6 is 0 Å². The molecule has 106 valence electrons. The van der Waals surface area contributed by atoms with Gasteiger partial charge in [-0.25, -0.2) is 0 Å². The summed E-state index contributed by atoms with van der Waals surface area (Å²) in [4.78, 5) is 11.5. The predicted octanol–water partition coefficient (Wildman–Crippen LogP) is 3.91. The van der Waals surface area contributed by atoms with Gasteiger partial charge in [0, 0.05) is 0 Å². The van der Waals surface area contributed by atoms with Gasteiger partial charge in [-0.05, 0) is 31.5 Å². The van der Waals surface area contributed by atoms with E-state index in [1.54, 1.807) is 6.08 Å². The summed E-state index contributed by atoms with van der Waals surface area (Å²) in [6.45, 7) is 16.9. The fourth-order valence-electron chi connectivity index (χ4n) is 1.36. The van der Waals surface area contributed by atoms with Gasteiger partial charge < -0.3 is 9.16 Å². The smallest absolute Gasteiger partial charge is 0.308 e. The molecule has 0 spiro atoms. The van der Waals surface area contributed by atoms with Crippen LogP contribution in [0.15, 0.2) is 12.7 Å². The zero-order valence-corrected chi connectivity index (χ0v) is 13.7. The molecule has 0 aromatic heterocycles. The Morgan fingerprint density at radius 3 is 2.33 bits per heavy atom. The molecule has 0 heterocycles. The van der Waals surface area contributed by atoms with E-state index in [4.69, 9.17) is 9.16 Å². The van der Waals surface area contributed by atoms with Crippen molar-refractivity contribution in [2.24, 2.45) is 0 Å². The molecule has 0 amide bonds. The molecule has 0 aliphatic heterocycles. The highest BCUT2D eigenvalue weighted by atomic mass is 28.4. The quantitative estimate of drug-likeness (QED) is 0.400. The molecule has 0 aromatic rings. The molecule has 0 bridgehead atoms. The molecule has 3 nitrogen and oxygen atoms in total. The van der Waals surface area contributed by atoms with E-state index in [1.807, 2.05) is 6.92 Å². The monoisotopic (exact) mass is 272 g/mol. The van der Waals surface area contributed by atoms with E-state index in [0.29, 0.717) is 19.4 Å². The topological polar surface area (TPSA) is 35.5 Å². The first-order valence-electron chi connectivity index (χ1n) is 6.58. The third-order valence-electron chi connectivity index (χ3n) is 3.40. The van der Waals surface area contributed by atoms with Gasteiger partial charge in [-0.1, -0.05) is 26.8 Å². The Bertz CT molecular complexity index is 279. The van der Waals surface area contributed by atoms with Gasteiger partial charge in [0.25, 0.3) is 0 Å². The fraction of sp³-hybridized carbons (Fsp3) is 0.786. The Balaban J connectivity index is 4.62. The molecule has 1 atom stereocenters. The first-order valence-corrected chi connectivity index (χ1v) is 9.49. The van der Waals surface area contributed by atoms with Crippen LogP contribution in [0.5, 0.6) is 0 Å². The maximum Gasteiger partial charge on any atom is 0.308 e. The lowest BCUT2D eigenvalue weighted by Gasteiger charge is -2.39. The Kier molecular flexibility index (Phi) is 6.85. The van der Waals surface area contributed by atoms with Crippen molar-refractivity contribution in [3.63, 3.8) is 0 Å². The van der Waals surface area contributed by atoms with Gasteiger partial charge in [0.05, 0.1) is 19.1 Å². The highest BCUT2D eigenvalue weighted by molar-refractivity contribution is 6.74. The van der Waals surface area contributed by atoms with Crippen LogP contribution in [0, 0.1) is 0 Å². The van der Waals surface area contributed by atoms with Gasteiger partial charge in [-0.15, -0.1) is 6.58 Å². The van der Waals surface area contributed by atoms with E-state index in [-0.39, 0.29) is 17.1 Å². The van der Waals surface area contributed by atoms with Crippen molar-refractivity contribution in [1.82, 2.24) is 0 Å². The van der Waals surface area contributed by atoms with Crippen molar-refractivity contribution in [3.05, 3.63) is 12.7 Å². The molecular formula is C14H28O3Si. The van der Waals surface area contributed by atoms with Gasteiger partial charge in [0.1, 0.15) is 0 Å². The van der Waals surface area contributed by atoms with E-state index in [1.165, 1.54) is 0 Å². The van der Waals surface area contributed by atoms with Crippen molar-refractivity contribution in [2.45, 2.75) is 64.8 Å². The molecular weight excluding hydrogens is 244 g/mol. The zero-order chi connectivity index (χ0) is 14.4. The van der Waals surface area contributed by atoms with E-state index < -0.39 is 8.32 Å². The van der Waals surface area contributed by atoms with E-state index in [9.17, 15) is 4.79 Å². The van der Waals surface area contributed by atoms with Crippen LogP contribution in [0.3, 0.4) is 0 Å². The molecule has 0 radical (unpaired) electrons. The minimum absolute atomic E-state index is 0.109. The van der Waals surface area contributed by atoms with Crippen LogP contribution in [-0.4, -0.2) is 27.0 Å². The minimum Gasteiger partial charge on any atom is -0.466 e. The van der Waals surface area contributed by atoms with Gasteiger partial charge in [-0.2, -0.15) is 0 Å². The lowest BCUT2D eigenvalue weighted by Crippen LogP contribution is -2.44. The molecule has 0 saturated carbocycles. The summed E-state index contributed by atoms with van der Waals surface area (Å²) in [5.41, 5.74) is 0. The summed E-state index contributed by atoms with van der Waals surface area (Å²) < 4.78 is 11.2. The standard InChI is InChI=1S/C14H28O3Si/c1-8-10-12(11-13(15)16-9-2)17-18(6,7)14(3,4)5/h8,12H,1,9-11H2,2-7H3/t12-/m0/s1. The van der Waals surface area contributed by atoms with E-state index in [0.717, 1.165) is 0 Å². The van der Waals surface area contributed by atoms with Gasteiger partial charge in [-0.3, -0.25) is 4.79 Å². The van der Waals surface area contributed by atoms with Crippen molar-refractivity contribution < 1.29 is 14.0 Å². The van der Waals surface area contributed by atoms with Crippen LogP contribution in [0.25, 0.3) is 0 Å². The first kappa shape index (κ1) is 17.4. The second-order valence-electron chi connectivity index (χ2n) is 6.03. The van der Waals surface area contributed by atoms with Gasteiger partial charge in [0.2, 0.25) is 0 Å². The number of hydrogen-bond donors (Lipinski definition) is 0. The Morgan fingerprint density at radius 1 is 1.39 bits per heavy atom. The van der Waals surface area contributed by atoms with E-state index >= 15 is 0 Å². The third-order valence-corrected chi connectivity index (χ3v) is 7.93. The van der Waals surface area contributed by atoms with Crippen molar-refractivity contribution in [2.75, 3.05) is 6.61 Å². The van der Waals surface area contributed by atoms with Crippen LogP contribution < -0.4 is 0 Å². The average Bonchev–Trinajstić information content (AvgIpc) is 2.15. The van der Waals surface area contributed by atoms with Crippen molar-refractivity contribution in [1.29, 1.82) is 0 Å². The summed E-state index contributed by atoms with van der Waals surface area (Å²) in [7, 11) is -1.85. The van der Waals surface area contributed by atoms with E-state index in [2.05, 4.69) is 40.4 Å². The van der Waals surface area contributed by atoms with Gasteiger partial charge >= 0.3 is 5.97 Å². The molecule has 4 heteroatoms. The largest absolute Gasteiger partial charge is 0.466 e. The van der Waals surface area contributed by atoms with Gasteiger partial charge in [0.15, 0.2) is 8.32 Å². The minimum atomic E-state index is -1.85. The number of carbonyl (C=O) groups excluding carboxylic acids is 1. The molecule has 0 saturated heterocycles. The highest BCUT2D eigenvalue weighted by Gasteiger charge is 2.39. The molecule has 0 aliphatic carbocycles. The summed E-state index contributed by atoms with van der Waals surface area (Å²) in [6, 6.07) is 0. The number of rotatable bonds is 7. The average molecular weight is 272 g/mol. The summed E-state index contributed by atoms with van der Waals surface area (Å²) in [6.07, 6.45) is 2.69. The molecule has 18 heavy (non-hydrogen) atoms. The molecule has 0 fully saturated rings. The number of hydrogen-bond acceptors (Lipinski definition) is 3. The highest BCUT2D eigenvalue weighted by Crippen LogP contribution is 2.38. The number of carbonyl (C=O) groups is 1. The second-order valence-corrected chi connectivity index (χ2v) is 10.8. The first-order chi connectivity index (χ1) is 8.14. The summed E-state index contributed by atoms with van der Waals surface area (Å²) in [5, 5.41) is 0.140.